The molecule has 0 saturated heterocycles. The highest BCUT2D eigenvalue weighted by atomic mass is 32.1. The van der Waals surface area contributed by atoms with Gasteiger partial charge in [-0.05, 0) is 49.3 Å². The molecule has 31 heavy (non-hydrogen) atoms. The van der Waals surface area contributed by atoms with Crippen LogP contribution in [0.3, 0.4) is 0 Å². The van der Waals surface area contributed by atoms with E-state index in [4.69, 9.17) is 21.7 Å². The second-order valence-corrected chi connectivity index (χ2v) is 7.16. The minimum Gasteiger partial charge on any atom is -0.493 e. The van der Waals surface area contributed by atoms with Crippen molar-refractivity contribution in [2.75, 3.05) is 32.2 Å². The number of unbranched alkanes of at least 4 members (excludes halogenated alkanes) is 1. The van der Waals surface area contributed by atoms with Crippen LogP contribution in [0.15, 0.2) is 48.5 Å². The maximum absolute atomic E-state index is 12.7. The molecule has 0 saturated carbocycles. The van der Waals surface area contributed by atoms with Crippen LogP contribution in [0.5, 0.6) is 5.75 Å². The summed E-state index contributed by atoms with van der Waals surface area (Å²) in [6.45, 7) is 3.68. The van der Waals surface area contributed by atoms with Gasteiger partial charge in [0.15, 0.2) is 5.11 Å². The molecular weight excluding hydrogens is 414 g/mol. The average molecular weight is 444 g/mol. The van der Waals surface area contributed by atoms with Crippen molar-refractivity contribution >= 4 is 34.8 Å². The van der Waals surface area contributed by atoms with Gasteiger partial charge in [-0.15, -0.1) is 0 Å². The highest BCUT2D eigenvalue weighted by Crippen LogP contribution is 2.19. The first-order chi connectivity index (χ1) is 15.1. The van der Waals surface area contributed by atoms with Gasteiger partial charge in [-0.25, -0.2) is 0 Å². The third-order valence-electron chi connectivity index (χ3n) is 4.34. The van der Waals surface area contributed by atoms with E-state index in [0.717, 1.165) is 12.8 Å². The Balaban J connectivity index is 2.00. The first-order valence-corrected chi connectivity index (χ1v) is 10.7. The predicted molar refractivity (Wildman–Crippen MR) is 126 cm³/mol. The van der Waals surface area contributed by atoms with Crippen LogP contribution < -0.4 is 20.7 Å². The smallest absolute Gasteiger partial charge is 0.261 e. The van der Waals surface area contributed by atoms with Gasteiger partial charge in [0.25, 0.3) is 11.8 Å². The van der Waals surface area contributed by atoms with Gasteiger partial charge in [0, 0.05) is 20.3 Å². The van der Waals surface area contributed by atoms with E-state index in [1.54, 1.807) is 49.6 Å². The number of carbonyl (C=O) groups excluding carboxylic acids is 2. The SMILES string of the molecule is CCCCOc1ccccc1C(=O)NC(=S)Nc1ccccc1C(=O)NCCCOC. The minimum atomic E-state index is -0.383. The molecule has 2 aromatic carbocycles. The molecule has 2 rings (SSSR count). The van der Waals surface area contributed by atoms with Crippen LogP contribution in [0.25, 0.3) is 0 Å². The summed E-state index contributed by atoms with van der Waals surface area (Å²) in [5.74, 6) is -0.110. The zero-order valence-electron chi connectivity index (χ0n) is 17.9. The van der Waals surface area contributed by atoms with Gasteiger partial charge in [-0.3, -0.25) is 14.9 Å². The summed E-state index contributed by atoms with van der Waals surface area (Å²) in [4.78, 5) is 25.2. The van der Waals surface area contributed by atoms with Gasteiger partial charge in [0.2, 0.25) is 0 Å². The van der Waals surface area contributed by atoms with Gasteiger partial charge in [-0.1, -0.05) is 37.6 Å². The van der Waals surface area contributed by atoms with E-state index >= 15 is 0 Å². The Morgan fingerprint density at radius 2 is 1.65 bits per heavy atom. The summed E-state index contributed by atoms with van der Waals surface area (Å²) in [6.07, 6.45) is 2.62. The van der Waals surface area contributed by atoms with Crippen molar-refractivity contribution in [1.29, 1.82) is 0 Å². The monoisotopic (exact) mass is 443 g/mol. The fourth-order valence-corrected chi connectivity index (χ4v) is 2.94. The number of hydrogen-bond donors (Lipinski definition) is 3. The van der Waals surface area contributed by atoms with Crippen LogP contribution in [-0.2, 0) is 4.74 Å². The number of para-hydroxylation sites is 2. The molecule has 3 N–H and O–H groups in total. The van der Waals surface area contributed by atoms with Crippen molar-refractivity contribution in [2.24, 2.45) is 0 Å². The zero-order chi connectivity index (χ0) is 22.5. The highest BCUT2D eigenvalue weighted by Gasteiger charge is 2.16. The molecule has 0 aromatic heterocycles. The number of thiocarbonyl (C=S) groups is 1. The minimum absolute atomic E-state index is 0.0907. The van der Waals surface area contributed by atoms with E-state index in [1.807, 2.05) is 6.07 Å². The highest BCUT2D eigenvalue weighted by molar-refractivity contribution is 7.80. The molecule has 2 aromatic rings. The van der Waals surface area contributed by atoms with Crippen molar-refractivity contribution in [3.8, 4) is 5.75 Å². The first kappa shape index (κ1) is 24.3. The van der Waals surface area contributed by atoms with E-state index in [1.165, 1.54) is 0 Å². The number of rotatable bonds is 11. The van der Waals surface area contributed by atoms with Crippen molar-refractivity contribution in [2.45, 2.75) is 26.2 Å². The van der Waals surface area contributed by atoms with Crippen molar-refractivity contribution in [3.05, 3.63) is 59.7 Å². The van der Waals surface area contributed by atoms with Gasteiger partial charge in [0.1, 0.15) is 5.75 Å². The Kier molecular flexibility index (Phi) is 10.5. The quantitative estimate of drug-likeness (QED) is 0.362. The lowest BCUT2D eigenvalue weighted by atomic mass is 10.1. The lowest BCUT2D eigenvalue weighted by Crippen LogP contribution is -2.35. The molecule has 0 atom stereocenters. The fourth-order valence-electron chi connectivity index (χ4n) is 2.73. The second kappa shape index (κ2) is 13.4. The summed E-state index contributed by atoms with van der Waals surface area (Å²) in [5, 5.41) is 8.52. The standard InChI is InChI=1S/C23H29N3O4S/c1-3-4-16-30-20-13-8-6-11-18(20)22(28)26-23(31)25-19-12-7-5-10-17(19)21(27)24-14-9-15-29-2/h5-8,10-13H,3-4,9,14-16H2,1-2H3,(H,24,27)(H2,25,26,28,31). The van der Waals surface area contributed by atoms with Crippen LogP contribution in [0.1, 0.15) is 46.9 Å². The Bertz CT molecular complexity index is 889. The van der Waals surface area contributed by atoms with Crippen molar-refractivity contribution < 1.29 is 19.1 Å². The molecule has 0 aliphatic carbocycles. The number of methoxy groups -OCH3 is 1. The topological polar surface area (TPSA) is 88.7 Å². The molecular formula is C23H29N3O4S. The second-order valence-electron chi connectivity index (χ2n) is 6.75. The number of nitrogens with one attached hydrogen (secondary N) is 3. The summed E-state index contributed by atoms with van der Waals surface area (Å²) in [6, 6.07) is 14.0. The molecule has 0 aliphatic heterocycles. The number of hydrogen-bond acceptors (Lipinski definition) is 5. The normalized spacial score (nSPS) is 10.3. The summed E-state index contributed by atoms with van der Waals surface area (Å²) in [7, 11) is 1.62. The van der Waals surface area contributed by atoms with Gasteiger partial charge >= 0.3 is 0 Å². The summed E-state index contributed by atoms with van der Waals surface area (Å²) in [5.41, 5.74) is 1.33. The molecule has 166 valence electrons. The Labute approximate surface area is 188 Å². The lowest BCUT2D eigenvalue weighted by Gasteiger charge is -2.15. The molecule has 0 heterocycles. The van der Waals surface area contributed by atoms with Gasteiger partial charge in [0.05, 0.1) is 23.4 Å². The molecule has 0 spiro atoms. The van der Waals surface area contributed by atoms with Crippen LogP contribution in [0, 0.1) is 0 Å². The van der Waals surface area contributed by atoms with Crippen LogP contribution in [0.2, 0.25) is 0 Å². The number of carbonyl (C=O) groups is 2. The molecule has 8 heteroatoms. The summed E-state index contributed by atoms with van der Waals surface area (Å²) >= 11 is 5.30. The molecule has 0 bridgehead atoms. The van der Waals surface area contributed by atoms with Crippen LogP contribution in [0.4, 0.5) is 5.69 Å². The van der Waals surface area contributed by atoms with Gasteiger partial charge < -0.3 is 20.1 Å². The summed E-state index contributed by atoms with van der Waals surface area (Å²) < 4.78 is 10.7. The zero-order valence-corrected chi connectivity index (χ0v) is 18.7. The van der Waals surface area contributed by atoms with Crippen molar-refractivity contribution in [3.63, 3.8) is 0 Å². The average Bonchev–Trinajstić information content (AvgIpc) is 2.77. The number of amides is 2. The van der Waals surface area contributed by atoms with Crippen molar-refractivity contribution in [1.82, 2.24) is 10.6 Å². The molecule has 0 fully saturated rings. The first-order valence-electron chi connectivity index (χ1n) is 10.3. The maximum Gasteiger partial charge on any atom is 0.261 e. The molecule has 7 nitrogen and oxygen atoms in total. The Morgan fingerprint density at radius 1 is 0.935 bits per heavy atom. The predicted octanol–water partition coefficient (Wildman–Crippen LogP) is 3.76. The molecule has 0 aliphatic rings. The number of benzene rings is 2. The number of ether oxygens (including phenoxy) is 2. The third kappa shape index (κ3) is 7.99. The van der Waals surface area contributed by atoms with E-state index in [0.29, 0.717) is 48.7 Å². The van der Waals surface area contributed by atoms with Gasteiger partial charge in [-0.2, -0.15) is 0 Å². The maximum atomic E-state index is 12.7. The third-order valence-corrected chi connectivity index (χ3v) is 4.55. The van der Waals surface area contributed by atoms with E-state index < -0.39 is 0 Å². The van der Waals surface area contributed by atoms with Crippen LogP contribution in [-0.4, -0.2) is 43.8 Å². The molecule has 2 amide bonds. The Morgan fingerprint density at radius 3 is 2.39 bits per heavy atom. The van der Waals surface area contributed by atoms with Crippen LogP contribution >= 0.6 is 12.2 Å². The Hall–Kier alpha value is -2.97. The van der Waals surface area contributed by atoms with E-state index in [2.05, 4.69) is 22.9 Å². The molecule has 0 unspecified atom stereocenters. The number of anilines is 1. The fraction of sp³-hybridized carbons (Fsp3) is 0.348. The lowest BCUT2D eigenvalue weighted by molar-refractivity contribution is 0.0947. The van der Waals surface area contributed by atoms with E-state index in [-0.39, 0.29) is 16.9 Å². The molecule has 0 radical (unpaired) electrons. The largest absolute Gasteiger partial charge is 0.493 e. The van der Waals surface area contributed by atoms with E-state index in [9.17, 15) is 9.59 Å².